The Hall–Kier alpha value is -1.88. The predicted octanol–water partition coefficient (Wildman–Crippen LogP) is 7.07. The molecule has 5 nitrogen and oxygen atoms in total. The van der Waals surface area contributed by atoms with Crippen LogP contribution in [0.25, 0.3) is 0 Å². The summed E-state index contributed by atoms with van der Waals surface area (Å²) in [6.45, 7) is 4.29. The Morgan fingerprint density at radius 1 is 0.812 bits per heavy atom. The SMILES string of the molecule is CCCCCCC(CCC(CCCCCCCC(=O)O)OCc1ccccc1)OC(C)=O. The van der Waals surface area contributed by atoms with E-state index in [2.05, 4.69) is 19.1 Å². The molecule has 0 saturated heterocycles. The van der Waals surface area contributed by atoms with Crippen molar-refractivity contribution in [2.45, 2.75) is 123 Å². The number of aliphatic carboxylic acids is 1. The van der Waals surface area contributed by atoms with Gasteiger partial charge in [-0.25, -0.2) is 0 Å². The number of carboxylic acids is 1. The molecular formula is C27H44O5. The number of unbranched alkanes of at least 4 members (excludes halogenated alkanes) is 7. The summed E-state index contributed by atoms with van der Waals surface area (Å²) in [7, 11) is 0. The molecule has 2 atom stereocenters. The van der Waals surface area contributed by atoms with Gasteiger partial charge in [0, 0.05) is 13.3 Å². The molecule has 1 rings (SSSR count). The fourth-order valence-electron chi connectivity index (χ4n) is 3.95. The van der Waals surface area contributed by atoms with Crippen LogP contribution in [-0.4, -0.2) is 29.3 Å². The van der Waals surface area contributed by atoms with Crippen LogP contribution in [0.1, 0.15) is 109 Å². The Morgan fingerprint density at radius 2 is 1.41 bits per heavy atom. The van der Waals surface area contributed by atoms with Crippen molar-refractivity contribution in [3.05, 3.63) is 35.9 Å². The number of hydrogen-bond acceptors (Lipinski definition) is 4. The van der Waals surface area contributed by atoms with Gasteiger partial charge in [0.25, 0.3) is 0 Å². The van der Waals surface area contributed by atoms with Crippen LogP contribution in [0.3, 0.4) is 0 Å². The largest absolute Gasteiger partial charge is 0.481 e. The predicted molar refractivity (Wildman–Crippen MR) is 129 cm³/mol. The second-order valence-electron chi connectivity index (χ2n) is 8.78. The topological polar surface area (TPSA) is 72.8 Å². The van der Waals surface area contributed by atoms with Crippen LogP contribution in [0.4, 0.5) is 0 Å². The minimum absolute atomic E-state index is 0.0248. The second kappa shape index (κ2) is 18.7. The average molecular weight is 449 g/mol. The zero-order valence-electron chi connectivity index (χ0n) is 20.2. The average Bonchev–Trinajstić information content (AvgIpc) is 2.77. The first-order chi connectivity index (χ1) is 15.5. The second-order valence-corrected chi connectivity index (χ2v) is 8.78. The zero-order chi connectivity index (χ0) is 23.4. The molecule has 32 heavy (non-hydrogen) atoms. The highest BCUT2D eigenvalue weighted by atomic mass is 16.5. The lowest BCUT2D eigenvalue weighted by Gasteiger charge is -2.22. The molecule has 1 N–H and O–H groups in total. The maximum atomic E-state index is 11.5. The van der Waals surface area contributed by atoms with Crippen molar-refractivity contribution in [2.24, 2.45) is 0 Å². The van der Waals surface area contributed by atoms with E-state index < -0.39 is 5.97 Å². The molecule has 0 aromatic heterocycles. The van der Waals surface area contributed by atoms with Gasteiger partial charge in [-0.05, 0) is 44.1 Å². The third-order valence-electron chi connectivity index (χ3n) is 5.77. The van der Waals surface area contributed by atoms with E-state index in [9.17, 15) is 9.59 Å². The van der Waals surface area contributed by atoms with Crippen LogP contribution in [0.5, 0.6) is 0 Å². The summed E-state index contributed by atoms with van der Waals surface area (Å²) in [5.41, 5.74) is 1.17. The number of esters is 1. The standard InChI is InChI=1S/C27H44O5/c1-3-4-5-12-18-26(32-23(2)28)21-20-25(31-22-24-15-10-9-11-16-24)17-13-7-6-8-14-19-27(29)30/h9-11,15-16,25-26H,3-8,12-14,17-22H2,1-2H3,(H,29,30). The highest BCUT2D eigenvalue weighted by Gasteiger charge is 2.17. The zero-order valence-corrected chi connectivity index (χ0v) is 20.2. The van der Waals surface area contributed by atoms with Crippen molar-refractivity contribution in [3.63, 3.8) is 0 Å². The van der Waals surface area contributed by atoms with Crippen molar-refractivity contribution in [1.82, 2.24) is 0 Å². The van der Waals surface area contributed by atoms with Gasteiger partial charge in [0.05, 0.1) is 12.7 Å². The number of benzene rings is 1. The van der Waals surface area contributed by atoms with Gasteiger partial charge in [0.15, 0.2) is 0 Å². The molecule has 0 saturated carbocycles. The van der Waals surface area contributed by atoms with E-state index in [0.717, 1.165) is 64.2 Å². The van der Waals surface area contributed by atoms with Crippen LogP contribution in [0.2, 0.25) is 0 Å². The molecular weight excluding hydrogens is 404 g/mol. The third kappa shape index (κ3) is 15.9. The molecule has 0 amide bonds. The summed E-state index contributed by atoms with van der Waals surface area (Å²) >= 11 is 0. The lowest BCUT2D eigenvalue weighted by molar-refractivity contribution is -0.147. The summed E-state index contributed by atoms with van der Waals surface area (Å²) in [5, 5.41) is 8.73. The van der Waals surface area contributed by atoms with E-state index in [0.29, 0.717) is 6.61 Å². The first-order valence-electron chi connectivity index (χ1n) is 12.6. The number of carbonyl (C=O) groups is 2. The smallest absolute Gasteiger partial charge is 0.303 e. The van der Waals surface area contributed by atoms with E-state index in [-0.39, 0.29) is 24.6 Å². The van der Waals surface area contributed by atoms with E-state index in [1.807, 2.05) is 18.2 Å². The van der Waals surface area contributed by atoms with Gasteiger partial charge in [-0.2, -0.15) is 0 Å². The first kappa shape index (κ1) is 28.2. The summed E-state index contributed by atoms with van der Waals surface area (Å²) in [6, 6.07) is 10.2. The van der Waals surface area contributed by atoms with Crippen LogP contribution >= 0.6 is 0 Å². The normalized spacial score (nSPS) is 12.9. The molecule has 5 heteroatoms. The highest BCUT2D eigenvalue weighted by Crippen LogP contribution is 2.20. The molecule has 0 spiro atoms. The minimum atomic E-state index is -0.712. The summed E-state index contributed by atoms with van der Waals surface area (Å²) in [4.78, 5) is 22.2. The number of ether oxygens (including phenoxy) is 2. The van der Waals surface area contributed by atoms with Crippen molar-refractivity contribution in [1.29, 1.82) is 0 Å². The minimum Gasteiger partial charge on any atom is -0.481 e. The molecule has 0 heterocycles. The van der Waals surface area contributed by atoms with Gasteiger partial charge in [-0.1, -0.05) is 82.2 Å². The van der Waals surface area contributed by atoms with Crippen molar-refractivity contribution < 1.29 is 24.2 Å². The Labute approximate surface area is 194 Å². The van der Waals surface area contributed by atoms with Crippen molar-refractivity contribution in [2.75, 3.05) is 0 Å². The molecule has 0 aliphatic rings. The molecule has 1 aromatic carbocycles. The van der Waals surface area contributed by atoms with Crippen LogP contribution < -0.4 is 0 Å². The van der Waals surface area contributed by atoms with E-state index in [1.165, 1.54) is 31.7 Å². The third-order valence-corrected chi connectivity index (χ3v) is 5.77. The lowest BCUT2D eigenvalue weighted by Crippen LogP contribution is -2.21. The lowest BCUT2D eigenvalue weighted by atomic mass is 10.00. The highest BCUT2D eigenvalue weighted by molar-refractivity contribution is 5.66. The molecule has 1 aromatic rings. The molecule has 0 radical (unpaired) electrons. The molecule has 0 fully saturated rings. The van der Waals surface area contributed by atoms with Gasteiger partial charge in [-0.3, -0.25) is 9.59 Å². The number of hydrogen-bond donors (Lipinski definition) is 1. The van der Waals surface area contributed by atoms with E-state index in [4.69, 9.17) is 14.6 Å². The fourth-order valence-corrected chi connectivity index (χ4v) is 3.95. The first-order valence-corrected chi connectivity index (χ1v) is 12.6. The maximum Gasteiger partial charge on any atom is 0.303 e. The van der Waals surface area contributed by atoms with E-state index >= 15 is 0 Å². The van der Waals surface area contributed by atoms with E-state index in [1.54, 1.807) is 0 Å². The van der Waals surface area contributed by atoms with Gasteiger partial charge in [-0.15, -0.1) is 0 Å². The van der Waals surface area contributed by atoms with Crippen molar-refractivity contribution in [3.8, 4) is 0 Å². The molecule has 0 aliphatic heterocycles. The number of carboxylic acid groups (broad SMARTS) is 1. The van der Waals surface area contributed by atoms with Gasteiger partial charge < -0.3 is 14.6 Å². The van der Waals surface area contributed by atoms with Crippen LogP contribution in [0, 0.1) is 0 Å². The Kier molecular flexibility index (Phi) is 16.4. The summed E-state index contributed by atoms with van der Waals surface area (Å²) in [5.74, 6) is -0.912. The van der Waals surface area contributed by atoms with Crippen molar-refractivity contribution >= 4 is 11.9 Å². The van der Waals surface area contributed by atoms with Gasteiger partial charge >= 0.3 is 11.9 Å². The van der Waals surface area contributed by atoms with Crippen LogP contribution in [-0.2, 0) is 25.7 Å². The quantitative estimate of drug-likeness (QED) is 0.171. The number of carbonyl (C=O) groups excluding carboxylic acids is 1. The Morgan fingerprint density at radius 3 is 2.06 bits per heavy atom. The fraction of sp³-hybridized carbons (Fsp3) is 0.704. The number of rotatable bonds is 20. The monoisotopic (exact) mass is 448 g/mol. The maximum absolute atomic E-state index is 11.5. The molecule has 182 valence electrons. The van der Waals surface area contributed by atoms with Gasteiger partial charge in [0.2, 0.25) is 0 Å². The molecule has 0 aliphatic carbocycles. The van der Waals surface area contributed by atoms with Crippen LogP contribution in [0.15, 0.2) is 30.3 Å². The molecule has 0 bridgehead atoms. The molecule has 2 unspecified atom stereocenters. The Balaban J connectivity index is 2.47. The summed E-state index contributed by atoms with van der Waals surface area (Å²) in [6.07, 6.45) is 13.7. The Bertz CT molecular complexity index is 601. The summed E-state index contributed by atoms with van der Waals surface area (Å²) < 4.78 is 11.9. The van der Waals surface area contributed by atoms with Gasteiger partial charge in [0.1, 0.15) is 6.10 Å².